The summed E-state index contributed by atoms with van der Waals surface area (Å²) in [5.41, 5.74) is 1.39. The van der Waals surface area contributed by atoms with Crippen molar-refractivity contribution in [3.05, 3.63) is 64.7 Å². The molecule has 1 N–H and O–H groups in total. The summed E-state index contributed by atoms with van der Waals surface area (Å²) in [6.07, 6.45) is 8.07. The number of fused-ring (bicyclic) bond motifs is 1. The molecule has 2 aromatic carbocycles. The first kappa shape index (κ1) is 24.4. The van der Waals surface area contributed by atoms with E-state index in [9.17, 15) is 13.2 Å². The third-order valence-electron chi connectivity index (χ3n) is 7.50. The van der Waals surface area contributed by atoms with Crippen molar-refractivity contribution in [2.24, 2.45) is 0 Å². The van der Waals surface area contributed by atoms with E-state index >= 15 is 0 Å². The summed E-state index contributed by atoms with van der Waals surface area (Å²) in [4.78, 5) is 21.7. The molecule has 0 radical (unpaired) electrons. The second-order valence-electron chi connectivity index (χ2n) is 10.0. The zero-order valence-corrected chi connectivity index (χ0v) is 22.2. The summed E-state index contributed by atoms with van der Waals surface area (Å²) >= 11 is 1.48. The van der Waals surface area contributed by atoms with Crippen LogP contribution in [-0.2, 0) is 20.0 Å². The second-order valence-corrected chi connectivity index (χ2v) is 13.1. The lowest BCUT2D eigenvalue weighted by atomic mass is 9.94. The fraction of sp³-hybridized carbons (Fsp3) is 0.407. The Kier molecular flexibility index (Phi) is 6.21. The van der Waals surface area contributed by atoms with Gasteiger partial charge in [0.25, 0.3) is 0 Å². The first-order valence-electron chi connectivity index (χ1n) is 12.5. The summed E-state index contributed by atoms with van der Waals surface area (Å²) in [7, 11) is -3.26. The Morgan fingerprint density at radius 3 is 2.49 bits per heavy atom. The number of hydrogen-bond acceptors (Lipinski definition) is 8. The van der Waals surface area contributed by atoms with Crippen LogP contribution in [0.2, 0.25) is 0 Å². The molecule has 1 aliphatic carbocycles. The number of piperidine rings is 1. The molecule has 37 heavy (non-hydrogen) atoms. The highest BCUT2D eigenvalue weighted by molar-refractivity contribution is 7.90. The molecule has 1 amide bonds. The van der Waals surface area contributed by atoms with Crippen LogP contribution in [0.5, 0.6) is 11.5 Å². The largest absolute Gasteiger partial charge is 0.454 e. The number of nitrogens with zero attached hydrogens (tertiary/aromatic N) is 2. The highest BCUT2D eigenvalue weighted by atomic mass is 32.2. The third-order valence-corrected chi connectivity index (χ3v) is 9.60. The molecule has 0 spiro atoms. The van der Waals surface area contributed by atoms with Crippen LogP contribution in [0.4, 0.5) is 5.13 Å². The highest BCUT2D eigenvalue weighted by Gasteiger charge is 2.52. The van der Waals surface area contributed by atoms with Gasteiger partial charge in [0, 0.05) is 17.3 Å². The number of benzene rings is 2. The third kappa shape index (κ3) is 4.73. The molecule has 1 atom stereocenters. The first-order chi connectivity index (χ1) is 17.8. The number of sulfone groups is 1. The van der Waals surface area contributed by atoms with Crippen molar-refractivity contribution in [2.75, 3.05) is 31.5 Å². The summed E-state index contributed by atoms with van der Waals surface area (Å²) in [6, 6.07) is 12.8. The average Bonchev–Trinajstić information content (AvgIpc) is 3.36. The zero-order chi connectivity index (χ0) is 25.6. The van der Waals surface area contributed by atoms with Gasteiger partial charge < -0.3 is 14.8 Å². The number of carbonyl (C=O) groups is 1. The molecule has 1 aromatic heterocycles. The van der Waals surface area contributed by atoms with Crippen LogP contribution in [-0.4, -0.2) is 50.3 Å². The number of aromatic nitrogens is 1. The van der Waals surface area contributed by atoms with E-state index in [-0.39, 0.29) is 18.7 Å². The average molecular weight is 540 g/mol. The lowest BCUT2D eigenvalue weighted by molar-refractivity contribution is -0.118. The predicted octanol–water partition coefficient (Wildman–Crippen LogP) is 4.52. The predicted molar refractivity (Wildman–Crippen MR) is 141 cm³/mol. The molecule has 6 rings (SSSR count). The number of carbonyl (C=O) groups excluding carboxylic acids is 1. The summed E-state index contributed by atoms with van der Waals surface area (Å²) in [6.45, 7) is 2.13. The van der Waals surface area contributed by atoms with Crippen molar-refractivity contribution < 1.29 is 22.7 Å². The smallest absolute Gasteiger partial charge is 0.236 e. The number of hydrogen-bond donors (Lipinski definition) is 1. The fourth-order valence-electron chi connectivity index (χ4n) is 5.28. The van der Waals surface area contributed by atoms with Gasteiger partial charge in [-0.05, 0) is 74.2 Å². The molecule has 3 aliphatic rings. The Hall–Kier alpha value is -2.95. The van der Waals surface area contributed by atoms with Gasteiger partial charge in [-0.15, -0.1) is 0 Å². The first-order valence-corrected chi connectivity index (χ1v) is 15.3. The SMILES string of the molecule is CS(=O)(=O)c1ccc(C(c2cnc(NC(=O)C3(c4ccc5c(c4)OCO5)CC3)s2)N2CCCCC2)cc1. The van der Waals surface area contributed by atoms with E-state index in [0.717, 1.165) is 54.8 Å². The van der Waals surface area contributed by atoms with Crippen LogP contribution in [0.25, 0.3) is 0 Å². The van der Waals surface area contributed by atoms with Crippen molar-refractivity contribution in [2.45, 2.75) is 48.5 Å². The van der Waals surface area contributed by atoms with E-state index < -0.39 is 15.3 Å². The van der Waals surface area contributed by atoms with Crippen LogP contribution in [0, 0.1) is 0 Å². The standard InChI is InChI=1S/C27H29N3O5S2/c1-37(32,33)20-8-5-18(6-9-20)24(30-13-3-2-4-14-30)23-16-28-26(36-23)29-25(31)27(11-12-27)19-7-10-21-22(15-19)35-17-34-21/h5-10,15-16,24H,2-4,11-14,17H2,1H3,(H,28,29,31). The van der Waals surface area contributed by atoms with Gasteiger partial charge in [0.05, 0.1) is 16.4 Å². The molecule has 2 aliphatic heterocycles. The molecule has 1 saturated carbocycles. The maximum absolute atomic E-state index is 13.4. The summed E-state index contributed by atoms with van der Waals surface area (Å²) in [5, 5.41) is 3.64. The van der Waals surface area contributed by atoms with Gasteiger partial charge in [0.15, 0.2) is 26.5 Å². The van der Waals surface area contributed by atoms with Crippen molar-refractivity contribution in [3.8, 4) is 11.5 Å². The molecule has 8 nitrogen and oxygen atoms in total. The molecule has 2 fully saturated rings. The van der Waals surface area contributed by atoms with E-state index in [1.54, 1.807) is 12.1 Å². The molecule has 10 heteroatoms. The van der Waals surface area contributed by atoms with Crippen LogP contribution in [0.15, 0.2) is 53.6 Å². The van der Waals surface area contributed by atoms with Gasteiger partial charge >= 0.3 is 0 Å². The quantitative estimate of drug-likeness (QED) is 0.471. The van der Waals surface area contributed by atoms with Crippen molar-refractivity contribution in [1.29, 1.82) is 0 Å². The number of nitrogens with one attached hydrogen (secondary N) is 1. The van der Waals surface area contributed by atoms with Gasteiger partial charge in [0.1, 0.15) is 0 Å². The maximum atomic E-state index is 13.4. The number of rotatable bonds is 7. The van der Waals surface area contributed by atoms with E-state index in [4.69, 9.17) is 9.47 Å². The minimum atomic E-state index is -3.26. The highest BCUT2D eigenvalue weighted by Crippen LogP contribution is 2.51. The Balaban J connectivity index is 1.24. The normalized spacial score (nSPS) is 19.4. The van der Waals surface area contributed by atoms with Gasteiger partial charge in [-0.3, -0.25) is 9.69 Å². The number of amides is 1. The monoisotopic (exact) mass is 539 g/mol. The Bertz CT molecular complexity index is 1420. The lowest BCUT2D eigenvalue weighted by Crippen LogP contribution is -2.34. The second kappa shape index (κ2) is 9.41. The van der Waals surface area contributed by atoms with Gasteiger partial charge in [0.2, 0.25) is 12.7 Å². The van der Waals surface area contributed by atoms with E-state index in [2.05, 4.69) is 15.2 Å². The molecule has 3 aromatic rings. The van der Waals surface area contributed by atoms with Crippen molar-refractivity contribution in [3.63, 3.8) is 0 Å². The lowest BCUT2D eigenvalue weighted by Gasteiger charge is -2.34. The minimum absolute atomic E-state index is 0.0409. The number of anilines is 1. The maximum Gasteiger partial charge on any atom is 0.236 e. The topological polar surface area (TPSA) is 97.8 Å². The summed E-state index contributed by atoms with van der Waals surface area (Å²) < 4.78 is 34.9. The van der Waals surface area contributed by atoms with Crippen molar-refractivity contribution in [1.82, 2.24) is 9.88 Å². The van der Waals surface area contributed by atoms with Crippen LogP contribution in [0.3, 0.4) is 0 Å². The zero-order valence-electron chi connectivity index (χ0n) is 20.6. The van der Waals surface area contributed by atoms with E-state index in [1.807, 2.05) is 36.5 Å². The molecule has 3 heterocycles. The molecular formula is C27H29N3O5S2. The molecule has 1 saturated heterocycles. The van der Waals surface area contributed by atoms with Crippen molar-refractivity contribution >= 4 is 32.2 Å². The van der Waals surface area contributed by atoms with Gasteiger partial charge in [-0.25, -0.2) is 13.4 Å². The molecule has 0 bridgehead atoms. The minimum Gasteiger partial charge on any atom is -0.454 e. The Morgan fingerprint density at radius 2 is 1.78 bits per heavy atom. The summed E-state index contributed by atoms with van der Waals surface area (Å²) in [5.74, 6) is 1.33. The fourth-order valence-corrected chi connectivity index (χ4v) is 6.89. The number of likely N-dealkylation sites (tertiary alicyclic amines) is 1. The Labute approximate surface area is 220 Å². The molecular weight excluding hydrogens is 510 g/mol. The van der Waals surface area contributed by atoms with Crippen LogP contribution >= 0.6 is 11.3 Å². The van der Waals surface area contributed by atoms with Crippen LogP contribution in [0.1, 0.15) is 54.1 Å². The molecule has 1 unspecified atom stereocenters. The van der Waals surface area contributed by atoms with E-state index in [1.165, 1.54) is 24.0 Å². The van der Waals surface area contributed by atoms with Gasteiger partial charge in [-0.2, -0.15) is 0 Å². The number of thiazole rings is 1. The molecule has 194 valence electrons. The number of ether oxygens (including phenoxy) is 2. The van der Waals surface area contributed by atoms with Crippen LogP contribution < -0.4 is 14.8 Å². The van der Waals surface area contributed by atoms with E-state index in [0.29, 0.717) is 21.5 Å². The van der Waals surface area contributed by atoms with Gasteiger partial charge in [-0.1, -0.05) is 36.0 Å². The Morgan fingerprint density at radius 1 is 1.05 bits per heavy atom.